The van der Waals surface area contributed by atoms with Gasteiger partial charge in [0, 0.05) is 5.41 Å². The lowest BCUT2D eigenvalue weighted by Gasteiger charge is -2.36. The summed E-state index contributed by atoms with van der Waals surface area (Å²) in [7, 11) is 0. The zero-order chi connectivity index (χ0) is 8.60. The normalized spacial score (nSPS) is 41.4. The van der Waals surface area contributed by atoms with Crippen LogP contribution in [0.3, 0.4) is 0 Å². The highest BCUT2D eigenvalue weighted by atomic mass is 16.5. The summed E-state index contributed by atoms with van der Waals surface area (Å²) in [5.41, 5.74) is 1.04. The van der Waals surface area contributed by atoms with E-state index in [4.69, 9.17) is 4.74 Å². The molecule has 68 valence electrons. The first-order valence-corrected chi connectivity index (χ1v) is 4.70. The molecule has 0 bridgehead atoms. The Labute approximate surface area is 73.2 Å². The van der Waals surface area contributed by atoms with E-state index in [0.717, 1.165) is 18.4 Å². The Bertz CT molecular complexity index is 200. The predicted octanol–water partition coefficient (Wildman–Crippen LogP) is 1.49. The van der Waals surface area contributed by atoms with Crippen LogP contribution in [0.1, 0.15) is 25.7 Å². The van der Waals surface area contributed by atoms with Crippen molar-refractivity contribution in [3.8, 4) is 0 Å². The predicted molar refractivity (Wildman–Crippen MR) is 46.9 cm³/mol. The molecule has 0 aromatic carbocycles. The zero-order valence-electron chi connectivity index (χ0n) is 7.38. The van der Waals surface area contributed by atoms with Gasteiger partial charge in [0.1, 0.15) is 0 Å². The van der Waals surface area contributed by atoms with Gasteiger partial charge in [-0.15, -0.1) is 0 Å². The van der Waals surface area contributed by atoms with Gasteiger partial charge in [0.25, 0.3) is 0 Å². The smallest absolute Gasteiger partial charge is 0.0695 e. The Balaban J connectivity index is 2.25. The van der Waals surface area contributed by atoms with Gasteiger partial charge in [0.05, 0.1) is 19.3 Å². The SMILES string of the molecule is C=C1CO[C@H]2CCCC[C@@]12CO. The molecule has 0 amide bonds. The molecule has 2 fully saturated rings. The van der Waals surface area contributed by atoms with Crippen LogP contribution in [0.4, 0.5) is 0 Å². The van der Waals surface area contributed by atoms with Gasteiger partial charge in [-0.1, -0.05) is 19.4 Å². The van der Waals surface area contributed by atoms with E-state index in [1.54, 1.807) is 0 Å². The highest BCUT2D eigenvalue weighted by Crippen LogP contribution is 2.47. The second-order valence-corrected chi connectivity index (χ2v) is 3.96. The van der Waals surface area contributed by atoms with Gasteiger partial charge in [-0.25, -0.2) is 0 Å². The number of aliphatic hydroxyl groups is 1. The molecule has 2 heteroatoms. The molecule has 1 heterocycles. The number of rotatable bonds is 1. The highest BCUT2D eigenvalue weighted by molar-refractivity contribution is 5.19. The molecule has 0 spiro atoms. The fraction of sp³-hybridized carbons (Fsp3) is 0.800. The molecule has 1 aliphatic carbocycles. The fourth-order valence-corrected chi connectivity index (χ4v) is 2.49. The van der Waals surface area contributed by atoms with E-state index in [0.29, 0.717) is 6.61 Å². The lowest BCUT2D eigenvalue weighted by Crippen LogP contribution is -2.38. The molecule has 0 aromatic rings. The summed E-state index contributed by atoms with van der Waals surface area (Å²) in [4.78, 5) is 0. The van der Waals surface area contributed by atoms with Crippen molar-refractivity contribution >= 4 is 0 Å². The van der Waals surface area contributed by atoms with Gasteiger partial charge in [-0.3, -0.25) is 0 Å². The molecule has 2 nitrogen and oxygen atoms in total. The first kappa shape index (κ1) is 8.27. The fourth-order valence-electron chi connectivity index (χ4n) is 2.49. The van der Waals surface area contributed by atoms with Crippen molar-refractivity contribution < 1.29 is 9.84 Å². The monoisotopic (exact) mass is 168 g/mol. The Hall–Kier alpha value is -0.340. The van der Waals surface area contributed by atoms with Crippen LogP contribution in [0.15, 0.2) is 12.2 Å². The Kier molecular flexibility index (Phi) is 1.97. The molecule has 1 saturated heterocycles. The van der Waals surface area contributed by atoms with E-state index < -0.39 is 0 Å². The van der Waals surface area contributed by atoms with Crippen LogP contribution >= 0.6 is 0 Å². The summed E-state index contributed by atoms with van der Waals surface area (Å²) < 4.78 is 5.60. The molecule has 2 atom stereocenters. The van der Waals surface area contributed by atoms with E-state index in [1.165, 1.54) is 12.8 Å². The molecule has 1 aliphatic heterocycles. The molecule has 0 unspecified atom stereocenters. The van der Waals surface area contributed by atoms with Crippen molar-refractivity contribution in [3.63, 3.8) is 0 Å². The number of aliphatic hydroxyl groups excluding tert-OH is 1. The van der Waals surface area contributed by atoms with E-state index in [2.05, 4.69) is 6.58 Å². The van der Waals surface area contributed by atoms with Gasteiger partial charge in [-0.2, -0.15) is 0 Å². The van der Waals surface area contributed by atoms with E-state index in [-0.39, 0.29) is 18.1 Å². The number of hydrogen-bond acceptors (Lipinski definition) is 2. The molecule has 0 aromatic heterocycles. The van der Waals surface area contributed by atoms with Crippen molar-refractivity contribution in [2.75, 3.05) is 13.2 Å². The molecule has 0 radical (unpaired) electrons. The minimum atomic E-state index is -0.0712. The minimum absolute atomic E-state index is 0.0712. The maximum Gasteiger partial charge on any atom is 0.0695 e. The standard InChI is InChI=1S/C10H16O2/c1-8-6-12-9-4-2-3-5-10(8,9)7-11/h9,11H,1-7H2/t9-,10+/m0/s1. The Morgan fingerprint density at radius 3 is 3.08 bits per heavy atom. The molecule has 1 saturated carbocycles. The average Bonchev–Trinajstić information content (AvgIpc) is 2.45. The van der Waals surface area contributed by atoms with Crippen LogP contribution < -0.4 is 0 Å². The van der Waals surface area contributed by atoms with Crippen molar-refractivity contribution in [2.24, 2.45) is 5.41 Å². The minimum Gasteiger partial charge on any atom is -0.395 e. The molecule has 2 aliphatic rings. The van der Waals surface area contributed by atoms with Crippen LogP contribution in [0.5, 0.6) is 0 Å². The zero-order valence-corrected chi connectivity index (χ0v) is 7.38. The van der Waals surface area contributed by atoms with Gasteiger partial charge < -0.3 is 9.84 Å². The van der Waals surface area contributed by atoms with E-state index >= 15 is 0 Å². The van der Waals surface area contributed by atoms with Gasteiger partial charge >= 0.3 is 0 Å². The van der Waals surface area contributed by atoms with Crippen LogP contribution in [0.25, 0.3) is 0 Å². The molecular formula is C10H16O2. The van der Waals surface area contributed by atoms with Crippen molar-refractivity contribution in [1.82, 2.24) is 0 Å². The number of ether oxygens (including phenoxy) is 1. The summed E-state index contributed by atoms with van der Waals surface area (Å²) in [6, 6.07) is 0. The van der Waals surface area contributed by atoms with Crippen molar-refractivity contribution in [1.29, 1.82) is 0 Å². The van der Waals surface area contributed by atoms with Gasteiger partial charge in [0.15, 0.2) is 0 Å². The van der Waals surface area contributed by atoms with Gasteiger partial charge in [0.2, 0.25) is 0 Å². The number of hydrogen-bond donors (Lipinski definition) is 1. The van der Waals surface area contributed by atoms with Crippen molar-refractivity contribution in [2.45, 2.75) is 31.8 Å². The lowest BCUT2D eigenvalue weighted by molar-refractivity contribution is -0.00840. The van der Waals surface area contributed by atoms with Crippen LogP contribution in [0, 0.1) is 5.41 Å². The maximum absolute atomic E-state index is 9.38. The summed E-state index contributed by atoms with van der Waals surface area (Å²) in [6.45, 7) is 4.87. The van der Waals surface area contributed by atoms with Gasteiger partial charge in [-0.05, 0) is 18.4 Å². The summed E-state index contributed by atoms with van der Waals surface area (Å²) in [6.07, 6.45) is 4.86. The van der Waals surface area contributed by atoms with E-state index in [9.17, 15) is 5.11 Å². The average molecular weight is 168 g/mol. The van der Waals surface area contributed by atoms with Crippen LogP contribution in [-0.2, 0) is 4.74 Å². The summed E-state index contributed by atoms with van der Waals surface area (Å²) >= 11 is 0. The summed E-state index contributed by atoms with van der Waals surface area (Å²) in [5, 5.41) is 9.38. The number of fused-ring (bicyclic) bond motifs is 1. The molecular weight excluding hydrogens is 152 g/mol. The van der Waals surface area contributed by atoms with Crippen LogP contribution in [-0.4, -0.2) is 24.4 Å². The Morgan fingerprint density at radius 2 is 2.42 bits per heavy atom. The maximum atomic E-state index is 9.38. The second-order valence-electron chi connectivity index (χ2n) is 3.96. The second kappa shape index (κ2) is 2.86. The largest absolute Gasteiger partial charge is 0.395 e. The first-order chi connectivity index (χ1) is 5.79. The third-order valence-electron chi connectivity index (χ3n) is 3.40. The Morgan fingerprint density at radius 1 is 1.58 bits per heavy atom. The third kappa shape index (κ3) is 0.947. The van der Waals surface area contributed by atoms with E-state index in [1.807, 2.05) is 0 Å². The molecule has 1 N–H and O–H groups in total. The highest BCUT2D eigenvalue weighted by Gasteiger charge is 2.47. The molecule has 12 heavy (non-hydrogen) atoms. The summed E-state index contributed by atoms with van der Waals surface area (Å²) in [5.74, 6) is 0. The lowest BCUT2D eigenvalue weighted by atomic mass is 9.70. The third-order valence-corrected chi connectivity index (χ3v) is 3.40. The first-order valence-electron chi connectivity index (χ1n) is 4.70. The van der Waals surface area contributed by atoms with Crippen molar-refractivity contribution in [3.05, 3.63) is 12.2 Å². The topological polar surface area (TPSA) is 29.5 Å². The quantitative estimate of drug-likeness (QED) is 0.601. The molecule has 2 rings (SSSR count). The van der Waals surface area contributed by atoms with Crippen LogP contribution in [0.2, 0.25) is 0 Å².